The second kappa shape index (κ2) is 7.81. The fraction of sp³-hybridized carbons (Fsp3) is 0.600. The molecule has 1 aromatic heterocycles. The largest absolute Gasteiger partial charge is 0.488 e. The van der Waals surface area contributed by atoms with Crippen LogP contribution in [-0.4, -0.2) is 59.3 Å². The van der Waals surface area contributed by atoms with Crippen molar-refractivity contribution >= 4 is 0 Å². The predicted octanol–water partition coefficient (Wildman–Crippen LogP) is 1.59. The maximum atomic E-state index is 10.7. The van der Waals surface area contributed by atoms with Crippen LogP contribution in [0.5, 0.6) is 17.2 Å². The number of rotatable bonds is 6. The number of aliphatic hydroxyl groups is 1. The van der Waals surface area contributed by atoms with E-state index in [4.69, 9.17) is 23.5 Å². The minimum absolute atomic E-state index is 0.228. The van der Waals surface area contributed by atoms with Gasteiger partial charge in [-0.2, -0.15) is 4.98 Å². The minimum Gasteiger partial charge on any atom is -0.488 e. The lowest BCUT2D eigenvalue weighted by Gasteiger charge is -2.35. The summed E-state index contributed by atoms with van der Waals surface area (Å²) in [4.78, 5) is 6.67. The number of fused-ring (bicyclic) bond motifs is 2. The highest BCUT2D eigenvalue weighted by Gasteiger charge is 2.43. The molecular weight excluding hydrogens is 378 g/mol. The van der Waals surface area contributed by atoms with Crippen LogP contribution in [-0.2, 0) is 17.9 Å². The normalized spacial score (nSPS) is 28.5. The second-order valence-electron chi connectivity index (χ2n) is 7.96. The molecule has 2 aromatic rings. The predicted molar refractivity (Wildman–Crippen MR) is 99.5 cm³/mol. The maximum Gasteiger partial charge on any atom is 0.240 e. The van der Waals surface area contributed by atoms with Gasteiger partial charge in [-0.05, 0) is 36.8 Å². The molecule has 1 aromatic carbocycles. The van der Waals surface area contributed by atoms with Crippen LogP contribution in [0.1, 0.15) is 24.6 Å². The second-order valence-corrected chi connectivity index (χ2v) is 7.96. The molecule has 29 heavy (non-hydrogen) atoms. The van der Waals surface area contributed by atoms with Gasteiger partial charge in [0.25, 0.3) is 0 Å². The number of hydrogen-bond donors (Lipinski definition) is 1. The highest BCUT2D eigenvalue weighted by Crippen LogP contribution is 2.40. The summed E-state index contributed by atoms with van der Waals surface area (Å²) in [5.74, 6) is 4.19. The average molecular weight is 403 g/mol. The van der Waals surface area contributed by atoms with Gasteiger partial charge in [0.1, 0.15) is 18.5 Å². The Balaban J connectivity index is 1.19. The quantitative estimate of drug-likeness (QED) is 0.771. The number of likely N-dealkylation sites (tertiary alicyclic amines) is 1. The van der Waals surface area contributed by atoms with E-state index >= 15 is 0 Å². The lowest BCUT2D eigenvalue weighted by atomic mass is 9.78. The van der Waals surface area contributed by atoms with Crippen molar-refractivity contribution in [1.29, 1.82) is 0 Å². The molecule has 1 aliphatic carbocycles. The Hall–Kier alpha value is -2.36. The Kier molecular flexibility index (Phi) is 5.03. The lowest BCUT2D eigenvalue weighted by molar-refractivity contribution is -0.0232. The first-order valence-electron chi connectivity index (χ1n) is 9.95. The summed E-state index contributed by atoms with van der Waals surface area (Å²) in [5.41, 5.74) is 0. The molecule has 3 heterocycles. The van der Waals surface area contributed by atoms with E-state index in [1.54, 1.807) is 7.11 Å². The van der Waals surface area contributed by atoms with E-state index in [2.05, 4.69) is 15.0 Å². The van der Waals surface area contributed by atoms with Gasteiger partial charge in [0.05, 0.1) is 12.6 Å². The number of benzene rings is 1. The van der Waals surface area contributed by atoms with Gasteiger partial charge < -0.3 is 28.6 Å². The third-order valence-electron chi connectivity index (χ3n) is 5.93. The molecule has 9 heteroatoms. The zero-order chi connectivity index (χ0) is 19.8. The smallest absolute Gasteiger partial charge is 0.240 e. The Bertz CT molecular complexity index is 858. The fourth-order valence-electron chi connectivity index (χ4n) is 4.60. The summed E-state index contributed by atoms with van der Waals surface area (Å²) in [6.07, 6.45) is 0.830. The number of nitrogens with zero attached hydrogens (tertiary/aromatic N) is 3. The summed E-state index contributed by atoms with van der Waals surface area (Å²) >= 11 is 0. The van der Waals surface area contributed by atoms with E-state index in [9.17, 15) is 5.11 Å². The first-order chi connectivity index (χ1) is 14.2. The van der Waals surface area contributed by atoms with E-state index in [1.807, 2.05) is 18.2 Å². The lowest BCUT2D eigenvalue weighted by Crippen LogP contribution is -2.42. The van der Waals surface area contributed by atoms with Crippen LogP contribution in [0.25, 0.3) is 0 Å². The van der Waals surface area contributed by atoms with Gasteiger partial charge in [-0.15, -0.1) is 0 Å². The first-order valence-corrected chi connectivity index (χ1v) is 9.95. The van der Waals surface area contributed by atoms with Crippen molar-refractivity contribution in [3.63, 3.8) is 0 Å². The molecule has 4 atom stereocenters. The Morgan fingerprint density at radius 3 is 2.86 bits per heavy atom. The van der Waals surface area contributed by atoms with Crippen molar-refractivity contribution < 1.29 is 28.6 Å². The summed E-state index contributed by atoms with van der Waals surface area (Å²) in [6.45, 7) is 3.05. The third-order valence-corrected chi connectivity index (χ3v) is 5.93. The summed E-state index contributed by atoms with van der Waals surface area (Å²) in [6, 6.07) is 5.53. The van der Waals surface area contributed by atoms with E-state index in [0.29, 0.717) is 48.2 Å². The van der Waals surface area contributed by atoms with Crippen molar-refractivity contribution in [1.82, 2.24) is 15.0 Å². The Morgan fingerprint density at radius 2 is 2.00 bits per heavy atom. The number of aromatic nitrogens is 2. The topological polar surface area (TPSA) is 99.3 Å². The van der Waals surface area contributed by atoms with Crippen LogP contribution in [0.4, 0.5) is 0 Å². The van der Waals surface area contributed by atoms with Crippen molar-refractivity contribution in [2.45, 2.75) is 38.2 Å². The van der Waals surface area contributed by atoms with Crippen molar-refractivity contribution in [3.8, 4) is 17.2 Å². The molecule has 0 amide bonds. The van der Waals surface area contributed by atoms with Crippen LogP contribution in [0, 0.1) is 11.8 Å². The molecule has 3 aliphatic rings. The molecule has 0 unspecified atom stereocenters. The van der Waals surface area contributed by atoms with Crippen molar-refractivity contribution in [2.75, 3.05) is 27.0 Å². The highest BCUT2D eigenvalue weighted by atomic mass is 16.7. The monoisotopic (exact) mass is 403 g/mol. The molecule has 9 nitrogen and oxygen atoms in total. The molecule has 156 valence electrons. The number of ether oxygens (including phenoxy) is 4. The Morgan fingerprint density at radius 1 is 1.17 bits per heavy atom. The van der Waals surface area contributed by atoms with Crippen LogP contribution >= 0.6 is 0 Å². The molecule has 2 fully saturated rings. The standard InChI is InChI=1S/C20H25N3O6/c1-25-10-19-21-20(29-22-19)9-23-7-12-4-15(24)17(5-13(12)8-23)28-14-2-3-16-18(6-14)27-11-26-16/h2-3,6,12-13,15,17,24H,4-5,7-11H2,1H3/t12-,13+,15+,17+/m0/s1. The summed E-state index contributed by atoms with van der Waals surface area (Å²) in [7, 11) is 1.61. The molecule has 1 saturated heterocycles. The van der Waals surface area contributed by atoms with Gasteiger partial charge in [0.15, 0.2) is 17.3 Å². The minimum atomic E-state index is -0.488. The van der Waals surface area contributed by atoms with Crippen molar-refractivity contribution in [3.05, 3.63) is 29.9 Å². The van der Waals surface area contributed by atoms with Gasteiger partial charge in [-0.25, -0.2) is 0 Å². The average Bonchev–Trinajstić information content (AvgIpc) is 3.42. The highest BCUT2D eigenvalue weighted by molar-refractivity contribution is 5.47. The fourth-order valence-corrected chi connectivity index (χ4v) is 4.60. The summed E-state index contributed by atoms with van der Waals surface area (Å²) in [5, 5.41) is 14.6. The molecular formula is C20H25N3O6. The molecule has 1 N–H and O–H groups in total. The van der Waals surface area contributed by atoms with Gasteiger partial charge >= 0.3 is 0 Å². The van der Waals surface area contributed by atoms with Gasteiger partial charge in [0, 0.05) is 26.3 Å². The summed E-state index contributed by atoms with van der Waals surface area (Å²) < 4.78 is 27.2. The third kappa shape index (κ3) is 3.90. The van der Waals surface area contributed by atoms with Gasteiger partial charge in [-0.3, -0.25) is 4.90 Å². The molecule has 0 spiro atoms. The zero-order valence-electron chi connectivity index (χ0n) is 16.3. The Labute approximate surface area is 168 Å². The van der Waals surface area contributed by atoms with Crippen molar-refractivity contribution in [2.24, 2.45) is 11.8 Å². The van der Waals surface area contributed by atoms with E-state index < -0.39 is 6.10 Å². The molecule has 0 bridgehead atoms. The molecule has 5 rings (SSSR count). The molecule has 2 aliphatic heterocycles. The maximum absolute atomic E-state index is 10.7. The zero-order valence-corrected chi connectivity index (χ0v) is 16.3. The SMILES string of the molecule is COCc1noc(CN2C[C@H]3C[C@@H](Oc4ccc5c(c4)OCO5)[C@H](O)C[C@H]3C2)n1. The number of aliphatic hydroxyl groups excluding tert-OH is 1. The van der Waals surface area contributed by atoms with Gasteiger partial charge in [-0.1, -0.05) is 5.16 Å². The van der Waals surface area contributed by atoms with E-state index in [0.717, 1.165) is 31.7 Å². The van der Waals surface area contributed by atoms with Gasteiger partial charge in [0.2, 0.25) is 12.7 Å². The molecule has 1 saturated carbocycles. The van der Waals surface area contributed by atoms with Crippen LogP contribution in [0.2, 0.25) is 0 Å². The van der Waals surface area contributed by atoms with E-state index in [-0.39, 0.29) is 12.9 Å². The van der Waals surface area contributed by atoms with E-state index in [1.165, 1.54) is 0 Å². The van der Waals surface area contributed by atoms with Crippen LogP contribution in [0.15, 0.2) is 22.7 Å². The molecule has 0 radical (unpaired) electrons. The number of methoxy groups -OCH3 is 1. The van der Waals surface area contributed by atoms with Crippen LogP contribution in [0.3, 0.4) is 0 Å². The number of hydrogen-bond acceptors (Lipinski definition) is 9. The first kappa shape index (κ1) is 18.7. The van der Waals surface area contributed by atoms with Crippen LogP contribution < -0.4 is 14.2 Å².